The van der Waals surface area contributed by atoms with Gasteiger partial charge in [0.2, 0.25) is 5.91 Å². The normalized spacial score (nSPS) is 24.4. The number of H-pyrrole nitrogens is 1. The maximum Gasteiger partial charge on any atom is 0.330 e. The van der Waals surface area contributed by atoms with Crippen molar-refractivity contribution in [2.75, 3.05) is 30.3 Å². The predicted molar refractivity (Wildman–Crippen MR) is 127 cm³/mol. The van der Waals surface area contributed by atoms with Crippen LogP contribution in [0, 0.1) is 11.8 Å². The number of aromatic amines is 1. The summed E-state index contributed by atoms with van der Waals surface area (Å²) in [7, 11) is 0. The summed E-state index contributed by atoms with van der Waals surface area (Å²) >= 11 is 0. The fraction of sp³-hybridized carbons (Fsp3) is 0.792. The summed E-state index contributed by atoms with van der Waals surface area (Å²) in [6.07, 6.45) is 11.9. The van der Waals surface area contributed by atoms with Crippen molar-refractivity contribution in [1.82, 2.24) is 14.5 Å². The van der Waals surface area contributed by atoms with Gasteiger partial charge in [0.15, 0.2) is 5.69 Å². The van der Waals surface area contributed by atoms with E-state index in [1.54, 1.807) is 4.90 Å². The lowest BCUT2D eigenvalue weighted by Gasteiger charge is -2.41. The molecule has 3 N–H and O–H groups in total. The molecule has 1 aromatic heterocycles. The molecule has 8 nitrogen and oxygen atoms in total. The molecule has 4 rings (SSSR count). The van der Waals surface area contributed by atoms with Crippen LogP contribution in [0.1, 0.15) is 77.6 Å². The van der Waals surface area contributed by atoms with Gasteiger partial charge in [-0.05, 0) is 50.5 Å². The average Bonchev–Trinajstić information content (AvgIpc) is 3.30. The van der Waals surface area contributed by atoms with Gasteiger partial charge in [-0.1, -0.05) is 45.4 Å². The smallest absolute Gasteiger partial charge is 0.330 e. The molecule has 1 amide bonds. The second-order valence-electron chi connectivity index (χ2n) is 10.0. The Kier molecular flexibility index (Phi) is 7.38. The van der Waals surface area contributed by atoms with Crippen LogP contribution in [0.5, 0.6) is 0 Å². The van der Waals surface area contributed by atoms with Gasteiger partial charge >= 0.3 is 5.69 Å². The largest absolute Gasteiger partial charge is 0.383 e. The Morgan fingerprint density at radius 2 is 1.75 bits per heavy atom. The van der Waals surface area contributed by atoms with Crippen LogP contribution in [-0.4, -0.2) is 46.0 Å². The van der Waals surface area contributed by atoms with Gasteiger partial charge in [-0.15, -0.1) is 0 Å². The Morgan fingerprint density at radius 3 is 2.47 bits per heavy atom. The van der Waals surface area contributed by atoms with Crippen LogP contribution in [0.4, 0.5) is 11.5 Å². The standard InChI is InChI=1S/C24H39N5O3/c1-2-3-13-28-22(25)21(23(31)26-24(28)32)29(19-10-6-7-11-19)20(30)16-27-14-12-17-8-4-5-9-18(17)15-27/h17-19H,2-16,25H2,1H3,(H,26,31,32)/t17-,18+/m1/s1. The van der Waals surface area contributed by atoms with Crippen molar-refractivity contribution in [2.45, 2.75) is 90.1 Å². The quantitative estimate of drug-likeness (QED) is 0.671. The molecule has 1 aromatic rings. The molecule has 8 heteroatoms. The summed E-state index contributed by atoms with van der Waals surface area (Å²) in [6, 6.07) is -0.0322. The molecule has 0 radical (unpaired) electrons. The number of carbonyl (C=O) groups is 1. The Hall–Kier alpha value is -2.09. The van der Waals surface area contributed by atoms with E-state index in [0.29, 0.717) is 19.0 Å². The van der Waals surface area contributed by atoms with E-state index in [4.69, 9.17) is 5.73 Å². The van der Waals surface area contributed by atoms with Crippen molar-refractivity contribution >= 4 is 17.4 Å². The number of piperidine rings is 1. The van der Waals surface area contributed by atoms with Crippen molar-refractivity contribution in [3.63, 3.8) is 0 Å². The lowest BCUT2D eigenvalue weighted by molar-refractivity contribution is -0.121. The zero-order valence-electron chi connectivity index (χ0n) is 19.5. The zero-order valence-corrected chi connectivity index (χ0v) is 19.5. The molecule has 1 aliphatic heterocycles. The summed E-state index contributed by atoms with van der Waals surface area (Å²) in [4.78, 5) is 45.3. The first-order valence-electron chi connectivity index (χ1n) is 12.7. The van der Waals surface area contributed by atoms with E-state index in [9.17, 15) is 14.4 Å². The number of fused-ring (bicyclic) bond motifs is 1. The number of hydrogen-bond acceptors (Lipinski definition) is 5. The van der Waals surface area contributed by atoms with E-state index in [0.717, 1.165) is 64.0 Å². The number of likely N-dealkylation sites (tertiary alicyclic amines) is 1. The lowest BCUT2D eigenvalue weighted by Crippen LogP contribution is -2.51. The molecule has 32 heavy (non-hydrogen) atoms. The minimum atomic E-state index is -0.550. The maximum absolute atomic E-state index is 13.7. The Morgan fingerprint density at radius 1 is 1.06 bits per heavy atom. The number of nitrogens with two attached hydrogens (primary N) is 1. The van der Waals surface area contributed by atoms with Crippen LogP contribution in [0.2, 0.25) is 0 Å². The molecule has 2 saturated carbocycles. The summed E-state index contributed by atoms with van der Waals surface area (Å²) < 4.78 is 1.42. The molecule has 2 atom stereocenters. The monoisotopic (exact) mass is 445 g/mol. The third kappa shape index (κ3) is 4.80. The number of unbranched alkanes of at least 4 members (excludes halogenated alkanes) is 1. The molecule has 0 spiro atoms. The Balaban J connectivity index is 1.60. The van der Waals surface area contributed by atoms with Crippen molar-refractivity contribution in [3.8, 4) is 0 Å². The highest BCUT2D eigenvalue weighted by Crippen LogP contribution is 2.36. The first kappa shape index (κ1) is 23.1. The van der Waals surface area contributed by atoms with E-state index < -0.39 is 11.2 Å². The van der Waals surface area contributed by atoms with E-state index in [1.165, 1.54) is 30.3 Å². The highest BCUT2D eigenvalue weighted by Gasteiger charge is 2.36. The fourth-order valence-corrected chi connectivity index (χ4v) is 6.11. The van der Waals surface area contributed by atoms with Crippen LogP contribution < -0.4 is 21.9 Å². The highest BCUT2D eigenvalue weighted by molar-refractivity contribution is 5.97. The maximum atomic E-state index is 13.7. The van der Waals surface area contributed by atoms with Gasteiger partial charge in [0.05, 0.1) is 6.54 Å². The number of carbonyl (C=O) groups excluding carboxylic acids is 1. The van der Waals surface area contributed by atoms with Gasteiger partial charge in [0.25, 0.3) is 5.56 Å². The van der Waals surface area contributed by atoms with E-state index in [2.05, 4.69) is 9.88 Å². The molecule has 3 aliphatic rings. The van der Waals surface area contributed by atoms with Gasteiger partial charge in [-0.2, -0.15) is 0 Å². The average molecular weight is 446 g/mol. The number of aromatic nitrogens is 2. The van der Waals surface area contributed by atoms with Crippen LogP contribution >= 0.6 is 0 Å². The number of nitrogens with zero attached hydrogens (tertiary/aromatic N) is 3. The second-order valence-corrected chi connectivity index (χ2v) is 10.0. The third-order valence-corrected chi connectivity index (χ3v) is 7.88. The van der Waals surface area contributed by atoms with Crippen molar-refractivity contribution in [1.29, 1.82) is 0 Å². The molecule has 0 aromatic carbocycles. The molecule has 0 unspecified atom stereocenters. The molecule has 2 aliphatic carbocycles. The fourth-order valence-electron chi connectivity index (χ4n) is 6.11. The minimum absolute atomic E-state index is 0.0322. The van der Waals surface area contributed by atoms with Gasteiger partial charge in [-0.3, -0.25) is 24.0 Å². The molecule has 178 valence electrons. The topological polar surface area (TPSA) is 104 Å². The number of nitrogens with one attached hydrogen (secondary N) is 1. The number of hydrogen-bond donors (Lipinski definition) is 2. The van der Waals surface area contributed by atoms with Crippen molar-refractivity contribution in [3.05, 3.63) is 20.8 Å². The summed E-state index contributed by atoms with van der Waals surface area (Å²) in [5.74, 6) is 1.55. The van der Waals surface area contributed by atoms with E-state index >= 15 is 0 Å². The number of amides is 1. The Labute approximate surface area is 190 Å². The van der Waals surface area contributed by atoms with Gasteiger partial charge in [0.1, 0.15) is 5.82 Å². The summed E-state index contributed by atoms with van der Waals surface area (Å²) in [5.41, 5.74) is 5.51. The van der Waals surface area contributed by atoms with Crippen LogP contribution in [0.25, 0.3) is 0 Å². The predicted octanol–water partition coefficient (Wildman–Crippen LogP) is 2.71. The van der Waals surface area contributed by atoms with Crippen molar-refractivity contribution < 1.29 is 4.79 Å². The first-order chi connectivity index (χ1) is 15.5. The highest BCUT2D eigenvalue weighted by atomic mass is 16.2. The van der Waals surface area contributed by atoms with Crippen molar-refractivity contribution in [2.24, 2.45) is 11.8 Å². The molecular weight excluding hydrogens is 406 g/mol. The number of anilines is 2. The molecule has 3 fully saturated rings. The first-order valence-corrected chi connectivity index (χ1v) is 12.7. The van der Waals surface area contributed by atoms with Crippen LogP contribution in [-0.2, 0) is 11.3 Å². The summed E-state index contributed by atoms with van der Waals surface area (Å²) in [6.45, 7) is 4.70. The second kappa shape index (κ2) is 10.2. The molecule has 1 saturated heterocycles. The van der Waals surface area contributed by atoms with Gasteiger partial charge < -0.3 is 10.6 Å². The lowest BCUT2D eigenvalue weighted by atomic mass is 9.75. The number of nitrogen functional groups attached to an aromatic ring is 1. The van der Waals surface area contributed by atoms with Gasteiger partial charge in [0, 0.05) is 19.1 Å². The molecule has 2 heterocycles. The number of rotatable bonds is 7. The van der Waals surface area contributed by atoms with E-state index in [-0.39, 0.29) is 23.5 Å². The molecule has 0 bridgehead atoms. The Bertz CT molecular complexity index is 917. The SMILES string of the molecule is CCCCn1c(N)c(N(C(=O)CN2CC[C@H]3CCCC[C@H]3C2)C2CCCC2)c(=O)[nH]c1=O. The van der Waals surface area contributed by atoms with Crippen LogP contribution in [0.15, 0.2) is 9.59 Å². The molecular formula is C24H39N5O3. The van der Waals surface area contributed by atoms with Crippen LogP contribution in [0.3, 0.4) is 0 Å². The minimum Gasteiger partial charge on any atom is -0.383 e. The van der Waals surface area contributed by atoms with Gasteiger partial charge in [-0.25, -0.2) is 4.79 Å². The third-order valence-electron chi connectivity index (χ3n) is 7.88. The van der Waals surface area contributed by atoms with E-state index in [1.807, 2.05) is 6.92 Å². The zero-order chi connectivity index (χ0) is 22.7. The summed E-state index contributed by atoms with van der Waals surface area (Å²) in [5, 5.41) is 0.